The van der Waals surface area contributed by atoms with Gasteiger partial charge in [-0.15, -0.1) is 0 Å². The smallest absolute Gasteiger partial charge is 0.408 e. The Bertz CT molecular complexity index is 1140. The van der Waals surface area contributed by atoms with Gasteiger partial charge in [0, 0.05) is 0 Å². The van der Waals surface area contributed by atoms with Gasteiger partial charge in [-0.2, -0.15) is 0 Å². The molecule has 0 spiro atoms. The second-order valence-electron chi connectivity index (χ2n) is 10.3. The first kappa shape index (κ1) is 27.6. The minimum atomic E-state index is -0.618. The number of benzene rings is 3. The maximum atomic E-state index is 12.7. The summed E-state index contributed by atoms with van der Waals surface area (Å²) in [6.45, 7) is 6.69. The van der Waals surface area contributed by atoms with Crippen molar-refractivity contribution in [2.45, 2.75) is 70.5 Å². The molecule has 38 heavy (non-hydrogen) atoms. The van der Waals surface area contributed by atoms with Crippen molar-refractivity contribution in [1.82, 2.24) is 5.32 Å². The summed E-state index contributed by atoms with van der Waals surface area (Å²) in [4.78, 5) is 12.7. The van der Waals surface area contributed by atoms with E-state index in [1.165, 1.54) is 0 Å². The first-order valence-electron chi connectivity index (χ1n) is 13.0. The van der Waals surface area contributed by atoms with Crippen molar-refractivity contribution < 1.29 is 23.7 Å². The molecule has 0 saturated heterocycles. The number of ether oxygens (including phenoxy) is 4. The van der Waals surface area contributed by atoms with Gasteiger partial charge in [-0.1, -0.05) is 103 Å². The predicted octanol–water partition coefficient (Wildman–Crippen LogP) is 6.21. The van der Waals surface area contributed by atoms with Crippen LogP contribution in [-0.2, 0) is 38.8 Å². The van der Waals surface area contributed by atoms with Crippen LogP contribution < -0.4 is 5.32 Å². The van der Waals surface area contributed by atoms with Crippen LogP contribution >= 0.6 is 0 Å². The van der Waals surface area contributed by atoms with Crippen molar-refractivity contribution in [3.63, 3.8) is 0 Å². The molecule has 6 nitrogen and oxygen atoms in total. The van der Waals surface area contributed by atoms with E-state index in [2.05, 4.69) is 5.32 Å². The highest BCUT2D eigenvalue weighted by molar-refractivity contribution is 5.68. The molecule has 0 aliphatic heterocycles. The lowest BCUT2D eigenvalue weighted by Gasteiger charge is -2.39. The molecule has 1 amide bonds. The van der Waals surface area contributed by atoms with Crippen LogP contribution in [0.3, 0.4) is 0 Å². The molecular formula is C32H37NO5. The van der Waals surface area contributed by atoms with E-state index < -0.39 is 29.9 Å². The number of hydrogen-bond acceptors (Lipinski definition) is 5. The Balaban J connectivity index is 1.57. The zero-order chi connectivity index (χ0) is 26.8. The number of rotatable bonds is 10. The number of carbonyl (C=O) groups excluding carboxylic acids is 1. The largest absolute Gasteiger partial charge is 0.444 e. The maximum Gasteiger partial charge on any atom is 0.408 e. The molecule has 0 aromatic heterocycles. The predicted molar refractivity (Wildman–Crippen MR) is 147 cm³/mol. The molecule has 1 N–H and O–H groups in total. The van der Waals surface area contributed by atoms with Crippen LogP contribution in [0.2, 0.25) is 0 Å². The van der Waals surface area contributed by atoms with Crippen molar-refractivity contribution in [3.05, 3.63) is 120 Å². The van der Waals surface area contributed by atoms with Crippen molar-refractivity contribution >= 4 is 6.09 Å². The van der Waals surface area contributed by atoms with E-state index in [9.17, 15) is 4.79 Å². The lowest BCUT2D eigenvalue weighted by molar-refractivity contribution is -0.148. The lowest BCUT2D eigenvalue weighted by atomic mass is 9.93. The molecule has 1 aliphatic carbocycles. The van der Waals surface area contributed by atoms with Crippen molar-refractivity contribution in [1.29, 1.82) is 0 Å². The SMILES string of the molecule is CC(C)(C)OC(=O)N[C@@H]1C=C[C@H](OCc2ccccc2)[C@@H](OCc2ccccc2)[C@@H]1OCc1ccccc1. The van der Waals surface area contributed by atoms with Gasteiger partial charge >= 0.3 is 6.09 Å². The Morgan fingerprint density at radius 2 is 1.11 bits per heavy atom. The first-order chi connectivity index (χ1) is 18.4. The molecule has 3 aromatic carbocycles. The fourth-order valence-electron chi connectivity index (χ4n) is 4.25. The summed E-state index contributed by atoms with van der Waals surface area (Å²) < 4.78 is 24.8. The van der Waals surface area contributed by atoms with Crippen molar-refractivity contribution in [3.8, 4) is 0 Å². The zero-order valence-electron chi connectivity index (χ0n) is 22.3. The Morgan fingerprint density at radius 1 is 0.658 bits per heavy atom. The zero-order valence-corrected chi connectivity index (χ0v) is 22.3. The van der Waals surface area contributed by atoms with Gasteiger partial charge in [-0.25, -0.2) is 4.79 Å². The Kier molecular flexibility index (Phi) is 9.71. The minimum absolute atomic E-state index is 0.364. The molecule has 1 aliphatic rings. The summed E-state index contributed by atoms with van der Waals surface area (Å²) in [6, 6.07) is 29.5. The van der Waals surface area contributed by atoms with Crippen LogP contribution in [0, 0.1) is 0 Å². The highest BCUT2D eigenvalue weighted by atomic mass is 16.6. The molecule has 0 unspecified atom stereocenters. The molecule has 6 heteroatoms. The van der Waals surface area contributed by atoms with E-state index in [4.69, 9.17) is 18.9 Å². The quantitative estimate of drug-likeness (QED) is 0.326. The number of alkyl carbamates (subject to hydrolysis) is 1. The van der Waals surface area contributed by atoms with Crippen LogP contribution in [0.15, 0.2) is 103 Å². The van der Waals surface area contributed by atoms with Gasteiger partial charge in [0.2, 0.25) is 0 Å². The van der Waals surface area contributed by atoms with E-state index in [0.717, 1.165) is 16.7 Å². The van der Waals surface area contributed by atoms with Gasteiger partial charge in [-0.05, 0) is 37.5 Å². The van der Waals surface area contributed by atoms with Crippen LogP contribution in [0.4, 0.5) is 4.79 Å². The molecule has 3 aromatic rings. The lowest BCUT2D eigenvalue weighted by Crippen LogP contribution is -2.56. The summed E-state index contributed by atoms with van der Waals surface area (Å²) in [6.07, 6.45) is 1.98. The number of amides is 1. The second kappa shape index (κ2) is 13.4. The van der Waals surface area contributed by atoms with E-state index in [0.29, 0.717) is 19.8 Å². The van der Waals surface area contributed by atoms with Crippen LogP contribution in [0.25, 0.3) is 0 Å². The highest BCUT2D eigenvalue weighted by Gasteiger charge is 2.40. The van der Waals surface area contributed by atoms with Crippen LogP contribution in [0.1, 0.15) is 37.5 Å². The topological polar surface area (TPSA) is 66.0 Å². The Labute approximate surface area is 225 Å². The fraction of sp³-hybridized carbons (Fsp3) is 0.344. The van der Waals surface area contributed by atoms with Crippen LogP contribution in [0.5, 0.6) is 0 Å². The molecule has 4 atom stereocenters. The third-order valence-corrected chi connectivity index (χ3v) is 6.05. The average molecular weight is 516 g/mol. The van der Waals surface area contributed by atoms with E-state index in [1.807, 2.05) is 124 Å². The first-order valence-corrected chi connectivity index (χ1v) is 13.0. The summed E-state index contributed by atoms with van der Waals surface area (Å²) >= 11 is 0. The summed E-state index contributed by atoms with van der Waals surface area (Å²) in [5, 5.41) is 2.98. The van der Waals surface area contributed by atoms with E-state index in [1.54, 1.807) is 0 Å². The van der Waals surface area contributed by atoms with E-state index >= 15 is 0 Å². The monoisotopic (exact) mass is 515 g/mol. The highest BCUT2D eigenvalue weighted by Crippen LogP contribution is 2.26. The summed E-state index contributed by atoms with van der Waals surface area (Å²) in [5.41, 5.74) is 2.52. The third-order valence-electron chi connectivity index (χ3n) is 6.05. The molecule has 0 bridgehead atoms. The molecule has 0 radical (unpaired) electrons. The average Bonchev–Trinajstić information content (AvgIpc) is 2.91. The summed E-state index contributed by atoms with van der Waals surface area (Å²) in [5.74, 6) is 0. The minimum Gasteiger partial charge on any atom is -0.444 e. The number of hydrogen-bond donors (Lipinski definition) is 1. The molecule has 4 rings (SSSR count). The number of carbonyl (C=O) groups is 1. The normalized spacial score (nSPS) is 21.1. The van der Waals surface area contributed by atoms with Crippen molar-refractivity contribution in [2.75, 3.05) is 0 Å². The van der Waals surface area contributed by atoms with Gasteiger partial charge < -0.3 is 24.3 Å². The third kappa shape index (κ3) is 8.55. The van der Waals surface area contributed by atoms with Crippen molar-refractivity contribution in [2.24, 2.45) is 0 Å². The Morgan fingerprint density at radius 3 is 1.58 bits per heavy atom. The Hall–Kier alpha value is -3.45. The maximum absolute atomic E-state index is 12.7. The molecular weight excluding hydrogens is 478 g/mol. The molecule has 200 valence electrons. The van der Waals surface area contributed by atoms with Gasteiger partial charge in [-0.3, -0.25) is 0 Å². The van der Waals surface area contributed by atoms with E-state index in [-0.39, 0.29) is 6.10 Å². The molecule has 0 saturated carbocycles. The fourth-order valence-corrected chi connectivity index (χ4v) is 4.25. The van der Waals surface area contributed by atoms with Crippen LogP contribution in [-0.4, -0.2) is 36.0 Å². The number of nitrogens with one attached hydrogen (secondary N) is 1. The molecule has 0 fully saturated rings. The standard InChI is InChI=1S/C32H37NO5/c1-32(2,3)38-31(34)33-27-19-20-28(35-21-24-13-7-4-8-14-24)30(37-23-26-17-11-6-12-18-26)29(27)36-22-25-15-9-5-10-16-25/h4-20,27-30H,21-23H2,1-3H3,(H,33,34)/t27-,28+,29-,30-/m1/s1. The molecule has 0 heterocycles. The summed E-state index contributed by atoms with van der Waals surface area (Å²) in [7, 11) is 0. The van der Waals surface area contributed by atoms with Gasteiger partial charge in [0.15, 0.2) is 0 Å². The van der Waals surface area contributed by atoms with Gasteiger partial charge in [0.1, 0.15) is 23.9 Å². The van der Waals surface area contributed by atoms with Gasteiger partial charge in [0.25, 0.3) is 0 Å². The van der Waals surface area contributed by atoms with Gasteiger partial charge in [0.05, 0.1) is 25.9 Å². The second-order valence-corrected chi connectivity index (χ2v) is 10.3.